The number of nitrogens with zero attached hydrogens (tertiary/aromatic N) is 3. The Labute approximate surface area is 151 Å². The Morgan fingerprint density at radius 2 is 1.85 bits per heavy atom. The first-order valence-corrected chi connectivity index (χ1v) is 8.39. The third-order valence-electron chi connectivity index (χ3n) is 4.08. The number of hydrogen-bond acceptors (Lipinski definition) is 7. The highest BCUT2D eigenvalue weighted by Crippen LogP contribution is 2.23. The Morgan fingerprint density at radius 3 is 2.58 bits per heavy atom. The quantitative estimate of drug-likeness (QED) is 0.433. The summed E-state index contributed by atoms with van der Waals surface area (Å²) >= 11 is 0. The van der Waals surface area contributed by atoms with E-state index in [1.807, 2.05) is 17.1 Å². The van der Waals surface area contributed by atoms with Crippen molar-refractivity contribution in [3.63, 3.8) is 0 Å². The van der Waals surface area contributed by atoms with Crippen LogP contribution in [0.25, 0.3) is 0 Å². The molecule has 0 atom stereocenters. The van der Waals surface area contributed by atoms with Gasteiger partial charge in [-0.25, -0.2) is 10.4 Å². The normalized spacial score (nSPS) is 14.7. The number of anilines is 2. The molecule has 2 aromatic rings. The number of aromatic nitrogens is 1. The summed E-state index contributed by atoms with van der Waals surface area (Å²) < 4.78 is 5.31. The Kier molecular flexibility index (Phi) is 6.13. The predicted octanol–water partition coefficient (Wildman–Crippen LogP) is 0.882. The molecule has 2 N–H and O–H groups in total. The molecule has 1 aromatic heterocycles. The zero-order chi connectivity index (χ0) is 18.2. The standard InChI is InChI=1S/C18H21N5O3/c24-14-20-16-3-1-2-4-17(16)26-18(25)13-21-23-11-9-22(10-12-23)15-5-7-19-8-6-15/h1-8,14,21H,9-13H2,(H,20,24). The molecular weight excluding hydrogens is 334 g/mol. The van der Waals surface area contributed by atoms with Gasteiger partial charge in [0.05, 0.1) is 5.69 Å². The van der Waals surface area contributed by atoms with Gasteiger partial charge >= 0.3 is 5.97 Å². The number of carbonyl (C=O) groups excluding carboxylic acids is 2. The number of esters is 1. The van der Waals surface area contributed by atoms with Crippen molar-refractivity contribution in [3.05, 3.63) is 48.8 Å². The molecule has 3 rings (SSSR count). The maximum absolute atomic E-state index is 12.1. The summed E-state index contributed by atoms with van der Waals surface area (Å²) in [7, 11) is 0. The van der Waals surface area contributed by atoms with Gasteiger partial charge in [-0.1, -0.05) is 12.1 Å². The summed E-state index contributed by atoms with van der Waals surface area (Å²) in [5, 5.41) is 4.52. The summed E-state index contributed by atoms with van der Waals surface area (Å²) in [6.45, 7) is 3.36. The average molecular weight is 355 g/mol. The third-order valence-corrected chi connectivity index (χ3v) is 4.08. The first-order valence-electron chi connectivity index (χ1n) is 8.39. The van der Waals surface area contributed by atoms with Crippen molar-refractivity contribution >= 4 is 23.8 Å². The van der Waals surface area contributed by atoms with Gasteiger partial charge in [0.15, 0.2) is 5.75 Å². The molecular formula is C18H21N5O3. The molecule has 1 saturated heterocycles. The van der Waals surface area contributed by atoms with Crippen molar-refractivity contribution in [3.8, 4) is 5.75 Å². The van der Waals surface area contributed by atoms with E-state index in [1.54, 1.807) is 36.7 Å². The Morgan fingerprint density at radius 1 is 1.12 bits per heavy atom. The number of benzene rings is 1. The molecule has 136 valence electrons. The van der Waals surface area contributed by atoms with Crippen LogP contribution in [0.15, 0.2) is 48.8 Å². The Balaban J connectivity index is 1.44. The lowest BCUT2D eigenvalue weighted by Crippen LogP contribution is -2.53. The molecule has 8 heteroatoms. The summed E-state index contributed by atoms with van der Waals surface area (Å²) in [5.41, 5.74) is 4.71. The number of rotatable bonds is 7. The van der Waals surface area contributed by atoms with Gasteiger partial charge < -0.3 is 15.0 Å². The summed E-state index contributed by atoms with van der Waals surface area (Å²) in [5.74, 6) is -0.0874. The van der Waals surface area contributed by atoms with Crippen LogP contribution < -0.4 is 20.4 Å². The van der Waals surface area contributed by atoms with Crippen molar-refractivity contribution in [2.24, 2.45) is 0 Å². The second-order valence-corrected chi connectivity index (χ2v) is 5.75. The molecule has 0 saturated carbocycles. The van der Waals surface area contributed by atoms with Crippen LogP contribution in [0.2, 0.25) is 0 Å². The van der Waals surface area contributed by atoms with Crippen molar-refractivity contribution in [2.75, 3.05) is 42.9 Å². The van der Waals surface area contributed by atoms with E-state index in [0.29, 0.717) is 17.8 Å². The Hall–Kier alpha value is -2.97. The summed E-state index contributed by atoms with van der Waals surface area (Å²) in [6, 6.07) is 10.8. The van der Waals surface area contributed by atoms with Crippen molar-refractivity contribution in [1.82, 2.24) is 15.4 Å². The van der Waals surface area contributed by atoms with Crippen molar-refractivity contribution < 1.29 is 14.3 Å². The first kappa shape index (κ1) is 17.8. The highest BCUT2D eigenvalue weighted by atomic mass is 16.5. The highest BCUT2D eigenvalue weighted by molar-refractivity contribution is 5.80. The number of para-hydroxylation sites is 2. The second kappa shape index (κ2) is 8.93. The maximum atomic E-state index is 12.1. The second-order valence-electron chi connectivity index (χ2n) is 5.75. The van der Waals surface area contributed by atoms with Crippen LogP contribution in [0.3, 0.4) is 0 Å². The molecule has 1 amide bonds. The summed E-state index contributed by atoms with van der Waals surface area (Å²) in [4.78, 5) is 29.0. The summed E-state index contributed by atoms with van der Waals surface area (Å²) in [6.07, 6.45) is 4.12. The largest absolute Gasteiger partial charge is 0.423 e. The number of hydrogen-bond donors (Lipinski definition) is 2. The van der Waals surface area contributed by atoms with Gasteiger partial charge in [0.2, 0.25) is 6.41 Å². The van der Waals surface area contributed by atoms with Crippen molar-refractivity contribution in [2.45, 2.75) is 0 Å². The van der Waals surface area contributed by atoms with E-state index in [-0.39, 0.29) is 6.54 Å². The molecule has 1 aliphatic rings. The number of hydrazine groups is 1. The third kappa shape index (κ3) is 4.78. The Bertz CT molecular complexity index is 733. The van der Waals surface area contributed by atoms with E-state index < -0.39 is 5.97 Å². The predicted molar refractivity (Wildman–Crippen MR) is 97.8 cm³/mol. The molecule has 0 spiro atoms. The number of pyridine rings is 1. The van der Waals surface area contributed by atoms with Crippen LogP contribution in [-0.4, -0.2) is 55.1 Å². The zero-order valence-electron chi connectivity index (χ0n) is 14.3. The van der Waals surface area contributed by atoms with Crippen LogP contribution in [0.4, 0.5) is 11.4 Å². The monoisotopic (exact) mass is 355 g/mol. The van der Waals surface area contributed by atoms with Crippen LogP contribution in [-0.2, 0) is 9.59 Å². The minimum Gasteiger partial charge on any atom is -0.423 e. The molecule has 0 aliphatic carbocycles. The minimum absolute atomic E-state index is 0.0602. The fourth-order valence-corrected chi connectivity index (χ4v) is 2.75. The van der Waals surface area contributed by atoms with Gasteiger partial charge in [-0.3, -0.25) is 14.6 Å². The van der Waals surface area contributed by atoms with E-state index in [2.05, 4.69) is 20.6 Å². The number of amides is 1. The van der Waals surface area contributed by atoms with E-state index in [4.69, 9.17) is 4.74 Å². The van der Waals surface area contributed by atoms with Crippen LogP contribution >= 0.6 is 0 Å². The SMILES string of the molecule is O=CNc1ccccc1OC(=O)CNN1CCN(c2ccncc2)CC1. The van der Waals surface area contributed by atoms with Gasteiger partial charge in [-0.15, -0.1) is 0 Å². The molecule has 2 heterocycles. The number of carbonyl (C=O) groups is 2. The van der Waals surface area contributed by atoms with Gasteiger partial charge in [0, 0.05) is 44.3 Å². The van der Waals surface area contributed by atoms with E-state index in [0.717, 1.165) is 31.9 Å². The lowest BCUT2D eigenvalue weighted by atomic mass is 10.3. The molecule has 26 heavy (non-hydrogen) atoms. The minimum atomic E-state index is -0.415. The maximum Gasteiger partial charge on any atom is 0.326 e. The smallest absolute Gasteiger partial charge is 0.326 e. The van der Waals surface area contributed by atoms with Crippen LogP contribution in [0.1, 0.15) is 0 Å². The van der Waals surface area contributed by atoms with Gasteiger partial charge in [-0.2, -0.15) is 0 Å². The zero-order valence-corrected chi connectivity index (χ0v) is 14.3. The highest BCUT2D eigenvalue weighted by Gasteiger charge is 2.18. The van der Waals surface area contributed by atoms with Crippen LogP contribution in [0, 0.1) is 0 Å². The van der Waals surface area contributed by atoms with Crippen LogP contribution in [0.5, 0.6) is 5.75 Å². The topological polar surface area (TPSA) is 86.8 Å². The molecule has 1 fully saturated rings. The fraction of sp³-hybridized carbons (Fsp3) is 0.278. The number of nitrogens with one attached hydrogen (secondary N) is 2. The first-order chi connectivity index (χ1) is 12.8. The number of piperazine rings is 1. The van der Waals surface area contributed by atoms with E-state index >= 15 is 0 Å². The molecule has 0 unspecified atom stereocenters. The molecule has 0 bridgehead atoms. The molecule has 1 aliphatic heterocycles. The average Bonchev–Trinajstić information content (AvgIpc) is 2.69. The fourth-order valence-electron chi connectivity index (χ4n) is 2.75. The molecule has 0 radical (unpaired) electrons. The molecule has 1 aromatic carbocycles. The van der Waals surface area contributed by atoms with E-state index in [9.17, 15) is 9.59 Å². The van der Waals surface area contributed by atoms with Crippen molar-refractivity contribution in [1.29, 1.82) is 0 Å². The van der Waals surface area contributed by atoms with Gasteiger partial charge in [-0.05, 0) is 24.3 Å². The lowest BCUT2D eigenvalue weighted by Gasteiger charge is -2.35. The number of ether oxygens (including phenoxy) is 1. The lowest BCUT2D eigenvalue weighted by molar-refractivity contribution is -0.134. The van der Waals surface area contributed by atoms with E-state index in [1.165, 1.54) is 0 Å². The van der Waals surface area contributed by atoms with Gasteiger partial charge in [0.1, 0.15) is 6.54 Å². The van der Waals surface area contributed by atoms with Gasteiger partial charge in [0.25, 0.3) is 0 Å². The molecule has 8 nitrogen and oxygen atoms in total.